The van der Waals surface area contributed by atoms with Crippen LogP contribution in [-0.2, 0) is 4.79 Å². The van der Waals surface area contributed by atoms with E-state index >= 15 is 0 Å². The van der Waals surface area contributed by atoms with Gasteiger partial charge in [0.1, 0.15) is 0 Å². The minimum Gasteiger partial charge on any atom is -0.348 e. The Morgan fingerprint density at radius 2 is 2.28 bits per heavy atom. The quantitative estimate of drug-likeness (QED) is 0.848. The molecule has 0 aliphatic heterocycles. The van der Waals surface area contributed by atoms with E-state index in [-0.39, 0.29) is 11.9 Å². The van der Waals surface area contributed by atoms with Gasteiger partial charge in [-0.3, -0.25) is 4.79 Å². The van der Waals surface area contributed by atoms with Gasteiger partial charge in [-0.25, -0.2) is 0 Å². The van der Waals surface area contributed by atoms with Gasteiger partial charge in [0.05, 0.1) is 12.6 Å². The molecule has 1 atom stereocenters. The average molecular weight is 311 g/mol. The van der Waals surface area contributed by atoms with Crippen molar-refractivity contribution in [1.82, 2.24) is 10.6 Å². The van der Waals surface area contributed by atoms with Crippen molar-refractivity contribution in [3.63, 3.8) is 0 Å². The molecule has 3 nitrogen and oxygen atoms in total. The van der Waals surface area contributed by atoms with Crippen molar-refractivity contribution < 1.29 is 4.79 Å². The molecule has 1 aliphatic rings. The fourth-order valence-electron chi connectivity index (χ4n) is 1.86. The Bertz CT molecular complexity index is 418. The van der Waals surface area contributed by atoms with Gasteiger partial charge in [-0.1, -0.05) is 28.1 Å². The van der Waals surface area contributed by atoms with E-state index in [1.165, 1.54) is 12.8 Å². The second-order valence-corrected chi connectivity index (χ2v) is 5.83. The number of rotatable bonds is 6. The second-order valence-electron chi connectivity index (χ2n) is 4.92. The van der Waals surface area contributed by atoms with Gasteiger partial charge in [0.15, 0.2) is 0 Å². The summed E-state index contributed by atoms with van der Waals surface area (Å²) in [7, 11) is 0. The molecule has 1 saturated carbocycles. The molecule has 0 heterocycles. The van der Waals surface area contributed by atoms with Gasteiger partial charge in [0.2, 0.25) is 5.91 Å². The zero-order valence-electron chi connectivity index (χ0n) is 10.6. The smallest absolute Gasteiger partial charge is 0.234 e. The van der Waals surface area contributed by atoms with Crippen LogP contribution in [0, 0.1) is 5.92 Å². The number of carbonyl (C=O) groups excluding carboxylic acids is 1. The summed E-state index contributed by atoms with van der Waals surface area (Å²) < 4.78 is 1.04. The van der Waals surface area contributed by atoms with E-state index in [1.54, 1.807) is 0 Å². The lowest BCUT2D eigenvalue weighted by Gasteiger charge is -2.15. The van der Waals surface area contributed by atoms with Gasteiger partial charge in [0.25, 0.3) is 0 Å². The predicted octanol–water partition coefficient (Wildman–Crippen LogP) is 2.63. The molecular formula is C14H19BrN2O. The normalized spacial score (nSPS) is 16.3. The van der Waals surface area contributed by atoms with Crippen LogP contribution in [0.2, 0.25) is 0 Å². The summed E-state index contributed by atoms with van der Waals surface area (Å²) in [6.45, 7) is 3.38. The lowest BCUT2D eigenvalue weighted by atomic mass is 10.1. The first-order chi connectivity index (χ1) is 8.65. The van der Waals surface area contributed by atoms with Crippen LogP contribution in [0.3, 0.4) is 0 Å². The molecule has 0 radical (unpaired) electrons. The van der Waals surface area contributed by atoms with E-state index in [0.29, 0.717) is 6.54 Å². The van der Waals surface area contributed by atoms with Gasteiger partial charge >= 0.3 is 0 Å². The Morgan fingerprint density at radius 3 is 2.94 bits per heavy atom. The van der Waals surface area contributed by atoms with Crippen molar-refractivity contribution in [1.29, 1.82) is 0 Å². The van der Waals surface area contributed by atoms with Crippen LogP contribution in [0.4, 0.5) is 0 Å². The zero-order chi connectivity index (χ0) is 13.0. The standard InChI is InChI=1S/C14H19BrN2O/c1-10(12-3-2-4-13(15)7-12)17-14(18)9-16-8-11-5-6-11/h2-4,7,10-11,16H,5-6,8-9H2,1H3,(H,17,18). The number of benzene rings is 1. The van der Waals surface area contributed by atoms with E-state index < -0.39 is 0 Å². The molecule has 1 unspecified atom stereocenters. The Kier molecular flexibility index (Phi) is 4.78. The molecule has 1 amide bonds. The third-order valence-corrected chi connectivity index (χ3v) is 3.63. The predicted molar refractivity (Wildman–Crippen MR) is 76.3 cm³/mol. The zero-order valence-corrected chi connectivity index (χ0v) is 12.2. The molecule has 0 saturated heterocycles. The Balaban J connectivity index is 1.75. The number of carbonyl (C=O) groups is 1. The summed E-state index contributed by atoms with van der Waals surface area (Å²) >= 11 is 3.44. The van der Waals surface area contributed by atoms with Crippen molar-refractivity contribution in [2.75, 3.05) is 13.1 Å². The molecule has 0 bridgehead atoms. The van der Waals surface area contributed by atoms with Crippen LogP contribution >= 0.6 is 15.9 Å². The van der Waals surface area contributed by atoms with E-state index in [0.717, 1.165) is 22.5 Å². The van der Waals surface area contributed by atoms with Crippen LogP contribution in [0.15, 0.2) is 28.7 Å². The SMILES string of the molecule is CC(NC(=O)CNCC1CC1)c1cccc(Br)c1. The maximum absolute atomic E-state index is 11.7. The van der Waals surface area contributed by atoms with Crippen LogP contribution < -0.4 is 10.6 Å². The molecule has 4 heteroatoms. The summed E-state index contributed by atoms with van der Waals surface area (Å²) in [4.78, 5) is 11.7. The van der Waals surface area contributed by atoms with Crippen molar-refractivity contribution in [3.05, 3.63) is 34.3 Å². The van der Waals surface area contributed by atoms with Gasteiger partial charge in [-0.15, -0.1) is 0 Å². The first kappa shape index (κ1) is 13.6. The molecule has 2 rings (SSSR count). The van der Waals surface area contributed by atoms with Crippen LogP contribution in [-0.4, -0.2) is 19.0 Å². The Labute approximate surface area is 116 Å². The first-order valence-electron chi connectivity index (χ1n) is 6.40. The number of hydrogen-bond acceptors (Lipinski definition) is 2. The number of halogens is 1. The third kappa shape index (κ3) is 4.42. The molecule has 18 heavy (non-hydrogen) atoms. The minimum atomic E-state index is 0.0396. The molecule has 0 spiro atoms. The number of amides is 1. The first-order valence-corrected chi connectivity index (χ1v) is 7.20. The van der Waals surface area contributed by atoms with Crippen molar-refractivity contribution in [2.24, 2.45) is 5.92 Å². The van der Waals surface area contributed by atoms with E-state index in [9.17, 15) is 4.79 Å². The van der Waals surface area contributed by atoms with Crippen LogP contribution in [0.1, 0.15) is 31.4 Å². The molecular weight excluding hydrogens is 292 g/mol. The largest absolute Gasteiger partial charge is 0.348 e. The van der Waals surface area contributed by atoms with E-state index in [1.807, 2.05) is 31.2 Å². The van der Waals surface area contributed by atoms with Crippen LogP contribution in [0.5, 0.6) is 0 Å². The minimum absolute atomic E-state index is 0.0396. The van der Waals surface area contributed by atoms with Gasteiger partial charge < -0.3 is 10.6 Å². The maximum Gasteiger partial charge on any atom is 0.234 e. The highest BCUT2D eigenvalue weighted by Crippen LogP contribution is 2.27. The fourth-order valence-corrected chi connectivity index (χ4v) is 2.28. The summed E-state index contributed by atoms with van der Waals surface area (Å²) in [5.74, 6) is 0.864. The number of hydrogen-bond donors (Lipinski definition) is 2. The van der Waals surface area contributed by atoms with Gasteiger partial charge in [0, 0.05) is 4.47 Å². The highest BCUT2D eigenvalue weighted by atomic mass is 79.9. The molecule has 1 aliphatic carbocycles. The molecule has 0 aromatic heterocycles. The van der Waals surface area contributed by atoms with Crippen molar-refractivity contribution in [3.8, 4) is 0 Å². The summed E-state index contributed by atoms with van der Waals surface area (Å²) in [6, 6.07) is 8.05. The highest BCUT2D eigenvalue weighted by Gasteiger charge is 2.20. The van der Waals surface area contributed by atoms with E-state index in [4.69, 9.17) is 0 Å². The lowest BCUT2D eigenvalue weighted by molar-refractivity contribution is -0.120. The van der Waals surface area contributed by atoms with E-state index in [2.05, 4.69) is 26.6 Å². The number of nitrogens with one attached hydrogen (secondary N) is 2. The fraction of sp³-hybridized carbons (Fsp3) is 0.500. The molecule has 98 valence electrons. The topological polar surface area (TPSA) is 41.1 Å². The van der Waals surface area contributed by atoms with Crippen molar-refractivity contribution in [2.45, 2.75) is 25.8 Å². The summed E-state index contributed by atoms with van der Waals surface area (Å²) in [5.41, 5.74) is 1.11. The Hall–Kier alpha value is -0.870. The molecule has 1 aromatic carbocycles. The molecule has 2 N–H and O–H groups in total. The maximum atomic E-state index is 11.7. The third-order valence-electron chi connectivity index (χ3n) is 3.14. The van der Waals surface area contributed by atoms with Gasteiger partial charge in [-0.05, 0) is 49.9 Å². The van der Waals surface area contributed by atoms with Crippen molar-refractivity contribution >= 4 is 21.8 Å². The molecule has 1 fully saturated rings. The van der Waals surface area contributed by atoms with Gasteiger partial charge in [-0.2, -0.15) is 0 Å². The lowest BCUT2D eigenvalue weighted by Crippen LogP contribution is -2.36. The second kappa shape index (κ2) is 6.34. The Morgan fingerprint density at radius 1 is 1.50 bits per heavy atom. The monoisotopic (exact) mass is 310 g/mol. The highest BCUT2D eigenvalue weighted by molar-refractivity contribution is 9.10. The summed E-state index contributed by atoms with van der Waals surface area (Å²) in [6.07, 6.45) is 2.62. The molecule has 1 aromatic rings. The average Bonchev–Trinajstić information content (AvgIpc) is 3.13. The summed E-state index contributed by atoms with van der Waals surface area (Å²) in [5, 5.41) is 6.19. The van der Waals surface area contributed by atoms with Crippen LogP contribution in [0.25, 0.3) is 0 Å².